The number of likely N-dealkylation sites (N-methyl/N-ethyl adjacent to an activating group) is 1. The van der Waals surface area contributed by atoms with Gasteiger partial charge in [0.05, 0.1) is 6.10 Å². The van der Waals surface area contributed by atoms with Crippen LogP contribution in [-0.2, 0) is 11.3 Å². The van der Waals surface area contributed by atoms with Gasteiger partial charge in [0.1, 0.15) is 11.8 Å². The Bertz CT molecular complexity index is 556. The van der Waals surface area contributed by atoms with Crippen molar-refractivity contribution in [3.05, 3.63) is 29.8 Å². The number of amides is 3. The van der Waals surface area contributed by atoms with Crippen LogP contribution in [-0.4, -0.2) is 30.6 Å². The molecule has 0 heterocycles. The van der Waals surface area contributed by atoms with Gasteiger partial charge < -0.3 is 20.7 Å². The number of ether oxygens (including phenoxy) is 1. The Morgan fingerprint density at radius 3 is 2.62 bits per heavy atom. The summed E-state index contributed by atoms with van der Waals surface area (Å²) in [6.45, 7) is 4.39. The number of hydrogen-bond donors (Lipinski definition) is 3. The molecule has 0 aliphatic heterocycles. The lowest BCUT2D eigenvalue weighted by molar-refractivity contribution is -0.122. The maximum Gasteiger partial charge on any atom is 0.315 e. The van der Waals surface area contributed by atoms with Gasteiger partial charge in [-0.15, -0.1) is 0 Å². The molecule has 6 heteroatoms. The monoisotopic (exact) mass is 333 g/mol. The summed E-state index contributed by atoms with van der Waals surface area (Å²) >= 11 is 0. The molecule has 6 nitrogen and oxygen atoms in total. The van der Waals surface area contributed by atoms with Crippen LogP contribution < -0.4 is 20.7 Å². The largest absolute Gasteiger partial charge is 0.490 e. The number of benzene rings is 1. The van der Waals surface area contributed by atoms with Gasteiger partial charge in [0, 0.05) is 18.7 Å². The van der Waals surface area contributed by atoms with E-state index in [9.17, 15) is 9.59 Å². The molecule has 24 heavy (non-hydrogen) atoms. The first-order valence-electron chi connectivity index (χ1n) is 8.66. The van der Waals surface area contributed by atoms with Gasteiger partial charge in [0.25, 0.3) is 0 Å². The zero-order valence-electron chi connectivity index (χ0n) is 14.4. The molecule has 0 saturated heterocycles. The van der Waals surface area contributed by atoms with Crippen LogP contribution in [0.25, 0.3) is 0 Å². The molecule has 0 spiro atoms. The topological polar surface area (TPSA) is 79.5 Å². The highest BCUT2D eigenvalue weighted by Gasteiger charge is 2.18. The Kier molecular flexibility index (Phi) is 6.90. The Morgan fingerprint density at radius 2 is 1.92 bits per heavy atom. The molecule has 3 amide bonds. The minimum Gasteiger partial charge on any atom is -0.490 e. The van der Waals surface area contributed by atoms with E-state index >= 15 is 0 Å². The van der Waals surface area contributed by atoms with E-state index in [0.717, 1.165) is 24.2 Å². The van der Waals surface area contributed by atoms with E-state index in [1.165, 1.54) is 12.8 Å². The van der Waals surface area contributed by atoms with Gasteiger partial charge in [-0.1, -0.05) is 18.2 Å². The first-order valence-corrected chi connectivity index (χ1v) is 8.66. The predicted octanol–water partition coefficient (Wildman–Crippen LogP) is 2.33. The van der Waals surface area contributed by atoms with Crippen LogP contribution in [0.15, 0.2) is 24.3 Å². The third-order valence-corrected chi connectivity index (χ3v) is 4.10. The third kappa shape index (κ3) is 5.44. The van der Waals surface area contributed by atoms with E-state index in [4.69, 9.17) is 4.74 Å². The van der Waals surface area contributed by atoms with Crippen LogP contribution in [0.2, 0.25) is 0 Å². The van der Waals surface area contributed by atoms with Crippen LogP contribution in [0.4, 0.5) is 4.79 Å². The zero-order chi connectivity index (χ0) is 17.4. The van der Waals surface area contributed by atoms with E-state index in [-0.39, 0.29) is 18.0 Å². The van der Waals surface area contributed by atoms with E-state index in [0.29, 0.717) is 13.1 Å². The second-order valence-electron chi connectivity index (χ2n) is 6.08. The summed E-state index contributed by atoms with van der Waals surface area (Å²) in [6, 6.07) is 6.79. The van der Waals surface area contributed by atoms with Crippen molar-refractivity contribution in [2.24, 2.45) is 0 Å². The Balaban J connectivity index is 1.84. The van der Waals surface area contributed by atoms with Crippen molar-refractivity contribution in [1.29, 1.82) is 0 Å². The summed E-state index contributed by atoms with van der Waals surface area (Å²) < 4.78 is 6.05. The number of para-hydroxylation sites is 1. The Morgan fingerprint density at radius 1 is 1.21 bits per heavy atom. The van der Waals surface area contributed by atoms with E-state index in [1.807, 2.05) is 31.2 Å². The van der Waals surface area contributed by atoms with Crippen molar-refractivity contribution in [3.8, 4) is 5.75 Å². The number of nitrogens with one attached hydrogen (secondary N) is 3. The van der Waals surface area contributed by atoms with Crippen molar-refractivity contribution in [1.82, 2.24) is 16.0 Å². The van der Waals surface area contributed by atoms with Crippen LogP contribution >= 0.6 is 0 Å². The standard InChI is InChI=1S/C18H27N3O3/c1-3-19-17(22)13(2)21-18(23)20-12-14-8-4-7-11-16(14)24-15-9-5-6-10-15/h4,7-8,11,13,15H,3,5-6,9-10,12H2,1-2H3,(H,19,22)(H2,20,21,23). The fourth-order valence-electron chi connectivity index (χ4n) is 2.77. The van der Waals surface area contributed by atoms with E-state index < -0.39 is 6.04 Å². The number of rotatable bonds is 7. The molecule has 0 radical (unpaired) electrons. The SMILES string of the molecule is CCNC(=O)C(C)NC(=O)NCc1ccccc1OC1CCCC1. The predicted molar refractivity (Wildman–Crippen MR) is 92.8 cm³/mol. The first kappa shape index (κ1) is 18.1. The van der Waals surface area contributed by atoms with Crippen molar-refractivity contribution >= 4 is 11.9 Å². The fourth-order valence-corrected chi connectivity index (χ4v) is 2.77. The maximum absolute atomic E-state index is 11.9. The normalized spacial score (nSPS) is 15.6. The second-order valence-corrected chi connectivity index (χ2v) is 6.08. The molecule has 1 aromatic rings. The van der Waals surface area contributed by atoms with Gasteiger partial charge in [-0.25, -0.2) is 4.79 Å². The Hall–Kier alpha value is -2.24. The number of urea groups is 1. The molecular weight excluding hydrogens is 306 g/mol. The summed E-state index contributed by atoms with van der Waals surface area (Å²) in [6.07, 6.45) is 4.88. The molecule has 3 N–H and O–H groups in total. The average molecular weight is 333 g/mol. The minimum atomic E-state index is -0.574. The highest BCUT2D eigenvalue weighted by atomic mass is 16.5. The highest BCUT2D eigenvalue weighted by molar-refractivity contribution is 5.86. The van der Waals surface area contributed by atoms with Gasteiger partial charge >= 0.3 is 6.03 Å². The quantitative estimate of drug-likeness (QED) is 0.716. The highest BCUT2D eigenvalue weighted by Crippen LogP contribution is 2.26. The molecule has 1 saturated carbocycles. The lowest BCUT2D eigenvalue weighted by atomic mass is 10.2. The van der Waals surface area contributed by atoms with Crippen molar-refractivity contribution < 1.29 is 14.3 Å². The second kappa shape index (κ2) is 9.15. The van der Waals surface area contributed by atoms with Crippen LogP contribution in [0.1, 0.15) is 45.1 Å². The molecule has 0 aromatic heterocycles. The molecule has 132 valence electrons. The smallest absolute Gasteiger partial charge is 0.315 e. The minimum absolute atomic E-state index is 0.197. The van der Waals surface area contributed by atoms with Crippen LogP contribution in [0.3, 0.4) is 0 Å². The molecule has 1 aliphatic carbocycles. The van der Waals surface area contributed by atoms with Gasteiger partial charge in [-0.05, 0) is 45.6 Å². The number of carbonyl (C=O) groups is 2. The first-order chi connectivity index (χ1) is 11.6. The van der Waals surface area contributed by atoms with Gasteiger partial charge in [0.2, 0.25) is 5.91 Å². The van der Waals surface area contributed by atoms with Crippen LogP contribution in [0, 0.1) is 0 Å². The lowest BCUT2D eigenvalue weighted by Crippen LogP contribution is -2.48. The van der Waals surface area contributed by atoms with E-state index in [1.54, 1.807) is 6.92 Å². The van der Waals surface area contributed by atoms with Crippen molar-refractivity contribution in [2.75, 3.05) is 6.54 Å². The maximum atomic E-state index is 11.9. The summed E-state index contributed by atoms with van der Waals surface area (Å²) in [4.78, 5) is 23.6. The molecule has 1 aromatic carbocycles. The molecular formula is C18H27N3O3. The number of carbonyl (C=O) groups excluding carboxylic acids is 2. The zero-order valence-corrected chi connectivity index (χ0v) is 14.4. The molecule has 1 fully saturated rings. The molecule has 2 rings (SSSR count). The summed E-state index contributed by atoms with van der Waals surface area (Å²) in [5.74, 6) is 0.624. The summed E-state index contributed by atoms with van der Waals surface area (Å²) in [7, 11) is 0. The van der Waals surface area contributed by atoms with E-state index in [2.05, 4.69) is 16.0 Å². The molecule has 1 aliphatic rings. The molecule has 0 bridgehead atoms. The van der Waals surface area contributed by atoms with Crippen molar-refractivity contribution in [2.45, 2.75) is 58.2 Å². The van der Waals surface area contributed by atoms with Gasteiger partial charge in [0.15, 0.2) is 0 Å². The average Bonchev–Trinajstić information content (AvgIpc) is 3.07. The number of hydrogen-bond acceptors (Lipinski definition) is 3. The molecule has 1 unspecified atom stereocenters. The van der Waals surface area contributed by atoms with Gasteiger partial charge in [-0.3, -0.25) is 4.79 Å². The van der Waals surface area contributed by atoms with Gasteiger partial charge in [-0.2, -0.15) is 0 Å². The summed E-state index contributed by atoms with van der Waals surface area (Å²) in [5, 5.41) is 8.08. The lowest BCUT2D eigenvalue weighted by Gasteiger charge is -2.18. The third-order valence-electron chi connectivity index (χ3n) is 4.10. The fraction of sp³-hybridized carbons (Fsp3) is 0.556. The van der Waals surface area contributed by atoms with Crippen molar-refractivity contribution in [3.63, 3.8) is 0 Å². The summed E-state index contributed by atoms with van der Waals surface area (Å²) in [5.41, 5.74) is 0.935. The van der Waals surface area contributed by atoms with Crippen LogP contribution in [0.5, 0.6) is 5.75 Å². The molecule has 1 atom stereocenters. The Labute approximate surface area is 143 Å².